The molecule has 3 aromatic rings. The van der Waals surface area contributed by atoms with E-state index in [1.54, 1.807) is 0 Å². The molecule has 22 heavy (non-hydrogen) atoms. The molecule has 0 fully saturated rings. The number of aromatic nitrogens is 1. The molecule has 2 N–H and O–H groups in total. The third-order valence-corrected chi connectivity index (χ3v) is 3.85. The first-order chi connectivity index (χ1) is 10.7. The van der Waals surface area contributed by atoms with E-state index < -0.39 is 0 Å². The number of aliphatic hydroxyl groups excluding tert-OH is 1. The Labute approximate surface area is 130 Å². The van der Waals surface area contributed by atoms with Crippen molar-refractivity contribution < 1.29 is 5.11 Å². The van der Waals surface area contributed by atoms with Gasteiger partial charge in [0.25, 0.3) is 0 Å². The molecular weight excluding hydrogens is 272 g/mol. The van der Waals surface area contributed by atoms with Crippen LogP contribution in [0.1, 0.15) is 29.7 Å². The fraction of sp³-hybridized carbons (Fsp3) is 0.211. The van der Waals surface area contributed by atoms with E-state index in [9.17, 15) is 5.11 Å². The van der Waals surface area contributed by atoms with E-state index in [0.29, 0.717) is 0 Å². The molecule has 3 heteroatoms. The molecule has 0 spiro atoms. The van der Waals surface area contributed by atoms with Gasteiger partial charge in [0.2, 0.25) is 0 Å². The first kappa shape index (κ1) is 14.5. The second-order valence-electron chi connectivity index (χ2n) is 5.66. The number of benzene rings is 2. The standard InChI is InChI=1S/C19H20N2O/c1-13-9-17-7-4-8-20-19(17)18(10-13)21-14(2)16-6-3-5-15(11-16)12-22/h3-11,14,21-22H,12H2,1-2H3. The fourth-order valence-corrected chi connectivity index (χ4v) is 2.73. The summed E-state index contributed by atoms with van der Waals surface area (Å²) in [5.74, 6) is 0. The molecule has 0 saturated heterocycles. The number of nitrogens with one attached hydrogen (secondary N) is 1. The number of aliphatic hydroxyl groups is 1. The molecule has 1 heterocycles. The van der Waals surface area contributed by atoms with Crippen LogP contribution in [0.15, 0.2) is 54.7 Å². The van der Waals surface area contributed by atoms with Crippen LogP contribution in [-0.4, -0.2) is 10.1 Å². The predicted octanol–water partition coefficient (Wildman–Crippen LogP) is 4.21. The molecule has 0 aliphatic carbocycles. The minimum Gasteiger partial charge on any atom is -0.392 e. The van der Waals surface area contributed by atoms with Crippen molar-refractivity contribution in [3.63, 3.8) is 0 Å². The van der Waals surface area contributed by atoms with Crippen LogP contribution in [0.2, 0.25) is 0 Å². The summed E-state index contributed by atoms with van der Waals surface area (Å²) < 4.78 is 0. The molecule has 1 unspecified atom stereocenters. The summed E-state index contributed by atoms with van der Waals surface area (Å²) in [5, 5.41) is 14.0. The van der Waals surface area contributed by atoms with Gasteiger partial charge in [-0.25, -0.2) is 0 Å². The minimum atomic E-state index is 0.0650. The zero-order chi connectivity index (χ0) is 15.5. The molecule has 112 valence electrons. The average molecular weight is 292 g/mol. The lowest BCUT2D eigenvalue weighted by Gasteiger charge is -2.18. The number of pyridine rings is 1. The summed E-state index contributed by atoms with van der Waals surface area (Å²) >= 11 is 0. The van der Waals surface area contributed by atoms with Crippen molar-refractivity contribution in [2.45, 2.75) is 26.5 Å². The topological polar surface area (TPSA) is 45.1 Å². The van der Waals surface area contributed by atoms with Crippen molar-refractivity contribution in [1.82, 2.24) is 4.98 Å². The molecule has 0 saturated carbocycles. The third kappa shape index (κ3) is 2.95. The SMILES string of the molecule is Cc1cc(NC(C)c2cccc(CO)c2)c2ncccc2c1. The molecule has 0 amide bonds. The number of aryl methyl sites for hydroxylation is 1. The van der Waals surface area contributed by atoms with E-state index in [0.717, 1.165) is 27.7 Å². The van der Waals surface area contributed by atoms with Crippen LogP contribution in [0.3, 0.4) is 0 Å². The number of hydrogen-bond acceptors (Lipinski definition) is 3. The van der Waals surface area contributed by atoms with Gasteiger partial charge in [0.15, 0.2) is 0 Å². The van der Waals surface area contributed by atoms with Crippen LogP contribution in [-0.2, 0) is 6.61 Å². The Morgan fingerprint density at radius 1 is 1.14 bits per heavy atom. The molecular formula is C19H20N2O. The molecule has 1 aromatic heterocycles. The van der Waals surface area contributed by atoms with Gasteiger partial charge in [0.05, 0.1) is 17.8 Å². The maximum absolute atomic E-state index is 9.28. The lowest BCUT2D eigenvalue weighted by Crippen LogP contribution is -2.08. The summed E-state index contributed by atoms with van der Waals surface area (Å²) in [5.41, 5.74) is 5.31. The summed E-state index contributed by atoms with van der Waals surface area (Å²) in [6.45, 7) is 4.28. The molecule has 0 aliphatic heterocycles. The van der Waals surface area contributed by atoms with Gasteiger partial charge in [-0.2, -0.15) is 0 Å². The van der Waals surface area contributed by atoms with E-state index in [-0.39, 0.29) is 12.6 Å². The Kier molecular flexibility index (Phi) is 4.07. The van der Waals surface area contributed by atoms with Crippen LogP contribution in [0.25, 0.3) is 10.9 Å². The number of rotatable bonds is 4. The van der Waals surface area contributed by atoms with Crippen molar-refractivity contribution in [3.8, 4) is 0 Å². The number of fused-ring (bicyclic) bond motifs is 1. The maximum atomic E-state index is 9.28. The Hall–Kier alpha value is -2.39. The highest BCUT2D eigenvalue weighted by molar-refractivity contribution is 5.91. The molecule has 0 aliphatic rings. The Balaban J connectivity index is 1.95. The second-order valence-corrected chi connectivity index (χ2v) is 5.66. The highest BCUT2D eigenvalue weighted by Crippen LogP contribution is 2.27. The maximum Gasteiger partial charge on any atom is 0.0933 e. The third-order valence-electron chi connectivity index (χ3n) is 3.85. The Morgan fingerprint density at radius 2 is 2.00 bits per heavy atom. The molecule has 2 aromatic carbocycles. The lowest BCUT2D eigenvalue weighted by atomic mass is 10.0. The van der Waals surface area contributed by atoms with Gasteiger partial charge in [-0.3, -0.25) is 4.98 Å². The zero-order valence-electron chi connectivity index (χ0n) is 12.9. The van der Waals surface area contributed by atoms with E-state index in [1.165, 1.54) is 5.56 Å². The molecule has 3 nitrogen and oxygen atoms in total. The van der Waals surface area contributed by atoms with Crippen LogP contribution in [0, 0.1) is 6.92 Å². The molecule has 0 radical (unpaired) electrons. The van der Waals surface area contributed by atoms with Crippen molar-refractivity contribution in [1.29, 1.82) is 0 Å². The van der Waals surface area contributed by atoms with Crippen molar-refractivity contribution in [2.75, 3.05) is 5.32 Å². The van der Waals surface area contributed by atoms with Gasteiger partial charge in [-0.1, -0.05) is 30.3 Å². The average Bonchev–Trinajstić information content (AvgIpc) is 2.54. The van der Waals surface area contributed by atoms with E-state index in [4.69, 9.17) is 0 Å². The number of anilines is 1. The van der Waals surface area contributed by atoms with Gasteiger partial charge < -0.3 is 10.4 Å². The van der Waals surface area contributed by atoms with Crippen molar-refractivity contribution in [3.05, 3.63) is 71.4 Å². The van der Waals surface area contributed by atoms with E-state index in [2.05, 4.69) is 48.4 Å². The summed E-state index contributed by atoms with van der Waals surface area (Å²) in [7, 11) is 0. The second kappa shape index (κ2) is 6.16. The Morgan fingerprint density at radius 3 is 2.82 bits per heavy atom. The molecule has 0 bridgehead atoms. The quantitative estimate of drug-likeness (QED) is 0.757. The predicted molar refractivity (Wildman–Crippen MR) is 90.9 cm³/mol. The van der Waals surface area contributed by atoms with E-state index >= 15 is 0 Å². The van der Waals surface area contributed by atoms with Crippen LogP contribution >= 0.6 is 0 Å². The van der Waals surface area contributed by atoms with Crippen LogP contribution < -0.4 is 5.32 Å². The normalized spacial score (nSPS) is 12.3. The summed E-state index contributed by atoms with van der Waals surface area (Å²) in [6, 6.07) is 16.5. The first-order valence-corrected chi connectivity index (χ1v) is 7.49. The minimum absolute atomic E-state index is 0.0650. The monoisotopic (exact) mass is 292 g/mol. The zero-order valence-corrected chi connectivity index (χ0v) is 12.9. The summed E-state index contributed by atoms with van der Waals surface area (Å²) in [6.07, 6.45) is 1.82. The van der Waals surface area contributed by atoms with E-state index in [1.807, 2.05) is 30.5 Å². The highest BCUT2D eigenvalue weighted by Gasteiger charge is 2.09. The highest BCUT2D eigenvalue weighted by atomic mass is 16.3. The van der Waals surface area contributed by atoms with Crippen molar-refractivity contribution >= 4 is 16.6 Å². The van der Waals surface area contributed by atoms with Gasteiger partial charge in [0.1, 0.15) is 0 Å². The largest absolute Gasteiger partial charge is 0.392 e. The fourth-order valence-electron chi connectivity index (χ4n) is 2.73. The number of nitrogens with zero attached hydrogens (tertiary/aromatic N) is 1. The summed E-state index contributed by atoms with van der Waals surface area (Å²) in [4.78, 5) is 4.50. The van der Waals surface area contributed by atoms with Gasteiger partial charge in [0, 0.05) is 17.6 Å². The lowest BCUT2D eigenvalue weighted by molar-refractivity contribution is 0.281. The molecule has 1 atom stereocenters. The Bertz CT molecular complexity index is 798. The van der Waals surface area contributed by atoms with Gasteiger partial charge >= 0.3 is 0 Å². The van der Waals surface area contributed by atoms with Crippen LogP contribution in [0.5, 0.6) is 0 Å². The molecule has 3 rings (SSSR count). The number of hydrogen-bond donors (Lipinski definition) is 2. The smallest absolute Gasteiger partial charge is 0.0933 e. The first-order valence-electron chi connectivity index (χ1n) is 7.49. The van der Waals surface area contributed by atoms with Gasteiger partial charge in [-0.05, 0) is 48.7 Å². The van der Waals surface area contributed by atoms with Crippen LogP contribution in [0.4, 0.5) is 5.69 Å². The van der Waals surface area contributed by atoms with Crippen molar-refractivity contribution in [2.24, 2.45) is 0 Å². The van der Waals surface area contributed by atoms with Gasteiger partial charge in [-0.15, -0.1) is 0 Å².